The fourth-order valence-corrected chi connectivity index (χ4v) is 5.09. The summed E-state index contributed by atoms with van der Waals surface area (Å²) in [6, 6.07) is 44.2. The van der Waals surface area contributed by atoms with E-state index in [1.807, 2.05) is 6.07 Å². The number of hydrogen-bond donors (Lipinski definition) is 0. The molecule has 0 aliphatic carbocycles. The van der Waals surface area contributed by atoms with Gasteiger partial charge in [-0.2, -0.15) is 0 Å². The van der Waals surface area contributed by atoms with Gasteiger partial charge in [0.15, 0.2) is 0 Å². The normalized spacial score (nSPS) is 11.8. The van der Waals surface area contributed by atoms with E-state index in [2.05, 4.69) is 124 Å². The molecule has 0 atom stereocenters. The second-order valence-corrected chi connectivity index (χ2v) is 8.19. The maximum Gasteiger partial charge on any atom is 0.0561 e. The smallest absolute Gasteiger partial charge is 0.0561 e. The minimum atomic E-state index is 1.16. The summed E-state index contributed by atoms with van der Waals surface area (Å²) < 4.78 is 4.72. The Balaban J connectivity index is 1.62. The van der Waals surface area contributed by atoms with Crippen molar-refractivity contribution in [2.45, 2.75) is 0 Å². The van der Waals surface area contributed by atoms with E-state index in [1.54, 1.807) is 0 Å². The molecule has 0 unspecified atom stereocenters. The number of rotatable bonds is 2. The van der Waals surface area contributed by atoms with Gasteiger partial charge < -0.3 is 9.13 Å². The fraction of sp³-hybridized carbons (Fsp3) is 0. The summed E-state index contributed by atoms with van der Waals surface area (Å²) in [5.74, 6) is 0. The molecule has 0 fully saturated rings. The summed E-state index contributed by atoms with van der Waals surface area (Å²) in [5, 5.41) is 5.06. The standard InChI is InChI=1S/C30H19N2/c1-2-10-21(11-3-1)31-27-15-7-6-14-25(27)26-19-18-22(20-30(26)31)32-28-16-8-4-12-23(28)24-13-5-9-17-29(24)32/h1-6,8-20H. The molecule has 0 N–H and O–H groups in total. The largest absolute Gasteiger partial charge is 0.309 e. The van der Waals surface area contributed by atoms with Crippen molar-refractivity contribution in [3.8, 4) is 11.4 Å². The van der Waals surface area contributed by atoms with Gasteiger partial charge in [0.05, 0.1) is 22.1 Å². The lowest BCUT2D eigenvalue weighted by atomic mass is 10.1. The third-order valence-electron chi connectivity index (χ3n) is 6.45. The molecule has 5 aromatic carbocycles. The maximum atomic E-state index is 3.27. The van der Waals surface area contributed by atoms with Gasteiger partial charge in [0, 0.05) is 32.9 Å². The summed E-state index contributed by atoms with van der Waals surface area (Å²) in [6.45, 7) is 0. The highest BCUT2D eigenvalue weighted by molar-refractivity contribution is 6.11. The van der Waals surface area contributed by atoms with Gasteiger partial charge in [-0.15, -0.1) is 0 Å². The van der Waals surface area contributed by atoms with Crippen molar-refractivity contribution in [2.24, 2.45) is 0 Å². The Hall–Kier alpha value is -4.30. The Morgan fingerprint density at radius 3 is 1.78 bits per heavy atom. The SMILES string of the molecule is [c]1ccc2c3ccc(-n4c5ccccc5c5ccccc54)cc3n(-c3ccccc3)c2c1. The molecule has 0 amide bonds. The van der Waals surface area contributed by atoms with Gasteiger partial charge in [-0.3, -0.25) is 0 Å². The molecule has 1 radical (unpaired) electrons. The number of hydrogen-bond acceptors (Lipinski definition) is 0. The lowest BCUT2D eigenvalue weighted by Crippen LogP contribution is -1.96. The van der Waals surface area contributed by atoms with Crippen molar-refractivity contribution in [2.75, 3.05) is 0 Å². The Morgan fingerprint density at radius 2 is 1.03 bits per heavy atom. The van der Waals surface area contributed by atoms with Gasteiger partial charge in [0.2, 0.25) is 0 Å². The van der Waals surface area contributed by atoms with Gasteiger partial charge in [-0.05, 0) is 48.5 Å². The number of aromatic nitrogens is 2. The highest BCUT2D eigenvalue weighted by atomic mass is 15.0. The molecule has 0 saturated heterocycles. The molecule has 0 aliphatic heterocycles. The predicted molar refractivity (Wildman–Crippen MR) is 134 cm³/mol. The lowest BCUT2D eigenvalue weighted by molar-refractivity contribution is 1.15. The van der Waals surface area contributed by atoms with Crippen LogP contribution in [0, 0.1) is 6.07 Å². The van der Waals surface area contributed by atoms with E-state index in [-0.39, 0.29) is 0 Å². The topological polar surface area (TPSA) is 9.86 Å². The molecule has 32 heavy (non-hydrogen) atoms. The number of para-hydroxylation sites is 3. The molecule has 0 bridgehead atoms. The molecular formula is C30H19N2. The monoisotopic (exact) mass is 407 g/mol. The van der Waals surface area contributed by atoms with Crippen LogP contribution < -0.4 is 0 Å². The van der Waals surface area contributed by atoms with E-state index >= 15 is 0 Å². The van der Waals surface area contributed by atoms with Crippen LogP contribution in [0.5, 0.6) is 0 Å². The number of nitrogens with zero attached hydrogens (tertiary/aromatic N) is 2. The minimum Gasteiger partial charge on any atom is -0.309 e. The zero-order valence-corrected chi connectivity index (χ0v) is 17.4. The molecule has 2 nitrogen and oxygen atoms in total. The van der Waals surface area contributed by atoms with E-state index in [0.717, 1.165) is 5.69 Å². The van der Waals surface area contributed by atoms with Crippen molar-refractivity contribution in [1.82, 2.24) is 9.13 Å². The molecule has 0 saturated carbocycles. The number of fused-ring (bicyclic) bond motifs is 6. The van der Waals surface area contributed by atoms with E-state index < -0.39 is 0 Å². The Labute approximate surface area is 185 Å². The van der Waals surface area contributed by atoms with Crippen LogP contribution in [0.2, 0.25) is 0 Å². The van der Waals surface area contributed by atoms with Crippen LogP contribution in [0.15, 0.2) is 115 Å². The second kappa shape index (κ2) is 6.60. The lowest BCUT2D eigenvalue weighted by Gasteiger charge is -2.11. The molecule has 2 heterocycles. The second-order valence-electron chi connectivity index (χ2n) is 8.19. The highest BCUT2D eigenvalue weighted by Crippen LogP contribution is 2.36. The van der Waals surface area contributed by atoms with Crippen LogP contribution in [0.25, 0.3) is 55.0 Å². The van der Waals surface area contributed by atoms with Crippen LogP contribution in [-0.2, 0) is 0 Å². The van der Waals surface area contributed by atoms with Crippen molar-refractivity contribution in [3.05, 3.63) is 121 Å². The molecule has 2 aromatic heterocycles. The van der Waals surface area contributed by atoms with E-state index in [1.165, 1.54) is 49.3 Å². The molecule has 0 spiro atoms. The first-order valence-electron chi connectivity index (χ1n) is 10.9. The van der Waals surface area contributed by atoms with Gasteiger partial charge in [-0.25, -0.2) is 0 Å². The molecule has 2 heteroatoms. The average molecular weight is 407 g/mol. The predicted octanol–water partition coefficient (Wildman–Crippen LogP) is 7.68. The van der Waals surface area contributed by atoms with Crippen LogP contribution in [0.1, 0.15) is 0 Å². The molecule has 0 aliphatic rings. The fourth-order valence-electron chi connectivity index (χ4n) is 5.09. The summed E-state index contributed by atoms with van der Waals surface area (Å²) >= 11 is 0. The van der Waals surface area contributed by atoms with E-state index in [9.17, 15) is 0 Å². The van der Waals surface area contributed by atoms with Crippen LogP contribution >= 0.6 is 0 Å². The first-order valence-corrected chi connectivity index (χ1v) is 10.9. The summed E-state index contributed by atoms with van der Waals surface area (Å²) in [4.78, 5) is 0. The average Bonchev–Trinajstić information content (AvgIpc) is 3.37. The Bertz CT molecular complexity index is 1710. The molecule has 7 aromatic rings. The molecule has 149 valence electrons. The third kappa shape index (κ3) is 2.35. The Kier molecular flexibility index (Phi) is 3.58. The quantitative estimate of drug-likeness (QED) is 0.278. The minimum absolute atomic E-state index is 1.16. The Morgan fingerprint density at radius 1 is 0.438 bits per heavy atom. The maximum absolute atomic E-state index is 3.27. The summed E-state index contributed by atoms with van der Waals surface area (Å²) in [6.07, 6.45) is 0. The molecular weight excluding hydrogens is 388 g/mol. The van der Waals surface area contributed by atoms with Crippen molar-refractivity contribution >= 4 is 43.6 Å². The first kappa shape index (κ1) is 17.4. The summed E-state index contributed by atoms with van der Waals surface area (Å²) in [7, 11) is 0. The highest BCUT2D eigenvalue weighted by Gasteiger charge is 2.15. The summed E-state index contributed by atoms with van der Waals surface area (Å²) in [5.41, 5.74) is 7.15. The molecule has 7 rings (SSSR count). The van der Waals surface area contributed by atoms with Crippen LogP contribution in [0.3, 0.4) is 0 Å². The van der Waals surface area contributed by atoms with E-state index in [4.69, 9.17) is 0 Å². The van der Waals surface area contributed by atoms with Crippen LogP contribution in [-0.4, -0.2) is 9.13 Å². The van der Waals surface area contributed by atoms with Gasteiger partial charge in [0.25, 0.3) is 0 Å². The number of benzene rings is 5. The first-order chi connectivity index (χ1) is 15.9. The third-order valence-corrected chi connectivity index (χ3v) is 6.45. The zero-order valence-electron chi connectivity index (χ0n) is 17.4. The van der Waals surface area contributed by atoms with Crippen molar-refractivity contribution < 1.29 is 0 Å². The zero-order chi connectivity index (χ0) is 21.1. The van der Waals surface area contributed by atoms with Gasteiger partial charge >= 0.3 is 0 Å². The van der Waals surface area contributed by atoms with Crippen molar-refractivity contribution in [3.63, 3.8) is 0 Å². The van der Waals surface area contributed by atoms with Gasteiger partial charge in [-0.1, -0.05) is 72.8 Å². The van der Waals surface area contributed by atoms with Gasteiger partial charge in [0.1, 0.15) is 0 Å². The van der Waals surface area contributed by atoms with E-state index in [0.29, 0.717) is 0 Å². The van der Waals surface area contributed by atoms with Crippen molar-refractivity contribution in [1.29, 1.82) is 0 Å². The van der Waals surface area contributed by atoms with Crippen LogP contribution in [0.4, 0.5) is 0 Å².